The molecule has 4 heteroatoms. The van der Waals surface area contributed by atoms with Gasteiger partial charge in [0.25, 0.3) is 0 Å². The second-order valence-electron chi connectivity index (χ2n) is 4.21. The lowest BCUT2D eigenvalue weighted by Gasteiger charge is -2.16. The number of furan rings is 1. The maximum Gasteiger partial charge on any atom is 0.169 e. The van der Waals surface area contributed by atoms with Gasteiger partial charge in [-0.15, -0.1) is 0 Å². The number of rotatable bonds is 4. The van der Waals surface area contributed by atoms with Gasteiger partial charge in [0.1, 0.15) is 11.5 Å². The van der Waals surface area contributed by atoms with Crippen molar-refractivity contribution in [3.63, 3.8) is 0 Å². The van der Waals surface area contributed by atoms with Crippen LogP contribution in [0.5, 0.6) is 5.75 Å². The van der Waals surface area contributed by atoms with Crippen molar-refractivity contribution in [1.29, 1.82) is 0 Å². The van der Waals surface area contributed by atoms with Gasteiger partial charge in [0, 0.05) is 0 Å². The minimum atomic E-state index is 0.0759. The van der Waals surface area contributed by atoms with E-state index >= 15 is 0 Å². The monoisotopic (exact) mass is 309 g/mol. The summed E-state index contributed by atoms with van der Waals surface area (Å²) < 4.78 is 11.6. The summed E-state index contributed by atoms with van der Waals surface area (Å²) in [5.74, 6) is 1.71. The summed E-state index contributed by atoms with van der Waals surface area (Å²) in [6, 6.07) is 9.96. The third-order valence-electron chi connectivity index (χ3n) is 2.75. The zero-order valence-electron chi connectivity index (χ0n) is 10.7. The van der Waals surface area contributed by atoms with Gasteiger partial charge in [0.05, 0.1) is 18.8 Å². The summed E-state index contributed by atoms with van der Waals surface area (Å²) in [4.78, 5) is 0. The topological polar surface area (TPSA) is 34.4 Å². The molecule has 1 unspecified atom stereocenters. The Morgan fingerprint density at radius 1 is 1.28 bits per heavy atom. The van der Waals surface area contributed by atoms with Gasteiger partial charge >= 0.3 is 0 Å². The average molecular weight is 310 g/mol. The van der Waals surface area contributed by atoms with Crippen molar-refractivity contribution in [2.24, 2.45) is 0 Å². The molecule has 1 aromatic heterocycles. The fourth-order valence-electron chi connectivity index (χ4n) is 1.80. The quantitative estimate of drug-likeness (QED) is 0.901. The molecule has 1 N–H and O–H groups in total. The molecule has 18 heavy (non-hydrogen) atoms. The molecule has 0 fully saturated rings. The fraction of sp³-hybridized carbons (Fsp3) is 0.286. The van der Waals surface area contributed by atoms with Crippen molar-refractivity contribution in [1.82, 2.24) is 0 Å². The van der Waals surface area contributed by atoms with Crippen molar-refractivity contribution >= 4 is 21.6 Å². The number of methoxy groups -OCH3 is 1. The fourth-order valence-corrected chi connectivity index (χ4v) is 2.12. The maximum atomic E-state index is 5.53. The molecule has 2 rings (SSSR count). The highest BCUT2D eigenvalue weighted by atomic mass is 79.9. The van der Waals surface area contributed by atoms with Gasteiger partial charge in [-0.05, 0) is 59.6 Å². The van der Waals surface area contributed by atoms with E-state index in [1.165, 1.54) is 5.56 Å². The first-order valence-electron chi connectivity index (χ1n) is 5.76. The molecule has 0 bridgehead atoms. The number of halogens is 1. The molecule has 0 amide bonds. The van der Waals surface area contributed by atoms with Crippen molar-refractivity contribution in [3.05, 3.63) is 46.3 Å². The van der Waals surface area contributed by atoms with E-state index < -0.39 is 0 Å². The number of nitrogens with one attached hydrogen (secondary N) is 1. The van der Waals surface area contributed by atoms with Crippen LogP contribution in [0.3, 0.4) is 0 Å². The lowest BCUT2D eigenvalue weighted by Crippen LogP contribution is -2.06. The van der Waals surface area contributed by atoms with E-state index in [1.54, 1.807) is 7.11 Å². The number of ether oxygens (including phenoxy) is 1. The molecule has 0 aliphatic carbocycles. The Hall–Kier alpha value is -1.42. The summed E-state index contributed by atoms with van der Waals surface area (Å²) >= 11 is 3.31. The van der Waals surface area contributed by atoms with Crippen molar-refractivity contribution in [2.75, 3.05) is 12.4 Å². The number of hydrogen-bond donors (Lipinski definition) is 1. The van der Waals surface area contributed by atoms with Gasteiger partial charge < -0.3 is 14.5 Å². The zero-order valence-corrected chi connectivity index (χ0v) is 12.2. The van der Waals surface area contributed by atoms with E-state index in [4.69, 9.17) is 9.15 Å². The maximum absolute atomic E-state index is 5.53. The summed E-state index contributed by atoms with van der Waals surface area (Å²) in [7, 11) is 1.67. The lowest BCUT2D eigenvalue weighted by molar-refractivity contribution is 0.415. The van der Waals surface area contributed by atoms with Crippen molar-refractivity contribution in [3.8, 4) is 5.75 Å². The van der Waals surface area contributed by atoms with Crippen molar-refractivity contribution in [2.45, 2.75) is 19.9 Å². The van der Waals surface area contributed by atoms with E-state index in [2.05, 4.69) is 34.2 Å². The molecule has 1 heterocycles. The van der Waals surface area contributed by atoms with Crippen LogP contribution in [-0.2, 0) is 0 Å². The lowest BCUT2D eigenvalue weighted by atomic mass is 10.1. The van der Waals surface area contributed by atoms with Crippen LogP contribution < -0.4 is 10.1 Å². The molecule has 0 aliphatic heterocycles. The van der Waals surface area contributed by atoms with Crippen LogP contribution in [0.2, 0.25) is 0 Å². The number of hydrogen-bond acceptors (Lipinski definition) is 3. The highest BCUT2D eigenvalue weighted by Gasteiger charge is 2.12. The third-order valence-corrected chi connectivity index (χ3v) is 3.17. The predicted octanol–water partition coefficient (Wildman–Crippen LogP) is 4.53. The summed E-state index contributed by atoms with van der Waals surface area (Å²) in [5, 5.41) is 3.39. The first kappa shape index (κ1) is 13.0. The molecular formula is C14H16BrNO2. The van der Waals surface area contributed by atoms with Crippen LogP contribution in [-0.4, -0.2) is 7.11 Å². The zero-order chi connectivity index (χ0) is 13.1. The Bertz CT molecular complexity index is 536. The van der Waals surface area contributed by atoms with Gasteiger partial charge in [-0.3, -0.25) is 0 Å². The van der Waals surface area contributed by atoms with E-state index in [9.17, 15) is 0 Å². The van der Waals surface area contributed by atoms with E-state index in [1.807, 2.05) is 31.2 Å². The summed E-state index contributed by atoms with van der Waals surface area (Å²) in [5.41, 5.74) is 2.16. The van der Waals surface area contributed by atoms with Crippen LogP contribution >= 0.6 is 15.9 Å². The van der Waals surface area contributed by atoms with Gasteiger partial charge in [-0.2, -0.15) is 0 Å². The molecule has 2 aromatic rings. The molecule has 0 saturated heterocycles. The van der Waals surface area contributed by atoms with Crippen molar-refractivity contribution < 1.29 is 9.15 Å². The predicted molar refractivity (Wildman–Crippen MR) is 76.2 cm³/mol. The minimum Gasteiger partial charge on any atom is -0.495 e. The highest BCUT2D eigenvalue weighted by molar-refractivity contribution is 9.10. The Labute approximate surface area is 115 Å². The van der Waals surface area contributed by atoms with Crippen LogP contribution in [0.15, 0.2) is 39.4 Å². The number of benzene rings is 1. The molecule has 1 atom stereocenters. The van der Waals surface area contributed by atoms with Gasteiger partial charge in [0.2, 0.25) is 0 Å². The molecule has 96 valence electrons. The van der Waals surface area contributed by atoms with Gasteiger partial charge in [-0.1, -0.05) is 6.07 Å². The Morgan fingerprint density at radius 3 is 2.67 bits per heavy atom. The van der Waals surface area contributed by atoms with Crippen LogP contribution in [0.25, 0.3) is 0 Å². The first-order chi connectivity index (χ1) is 8.60. The SMILES string of the molecule is COc1ccc(C)cc1NC(C)c1ccc(Br)o1. The van der Waals surface area contributed by atoms with Crippen LogP contribution in [0.1, 0.15) is 24.3 Å². The first-order valence-corrected chi connectivity index (χ1v) is 6.56. The molecular weight excluding hydrogens is 294 g/mol. The Balaban J connectivity index is 2.20. The second-order valence-corrected chi connectivity index (χ2v) is 4.99. The Kier molecular flexibility index (Phi) is 3.97. The second kappa shape index (κ2) is 5.48. The Morgan fingerprint density at radius 2 is 2.06 bits per heavy atom. The smallest absolute Gasteiger partial charge is 0.169 e. The van der Waals surface area contributed by atoms with Gasteiger partial charge in [0.15, 0.2) is 4.67 Å². The number of anilines is 1. The molecule has 0 saturated carbocycles. The third kappa shape index (κ3) is 2.88. The largest absolute Gasteiger partial charge is 0.495 e. The molecule has 0 spiro atoms. The molecule has 3 nitrogen and oxygen atoms in total. The average Bonchev–Trinajstić information content (AvgIpc) is 2.76. The van der Waals surface area contributed by atoms with E-state index in [0.717, 1.165) is 21.9 Å². The van der Waals surface area contributed by atoms with Crippen LogP contribution in [0, 0.1) is 6.92 Å². The molecule has 1 aromatic carbocycles. The number of aryl methyl sites for hydroxylation is 1. The van der Waals surface area contributed by atoms with Crippen LogP contribution in [0.4, 0.5) is 5.69 Å². The standard InChI is InChI=1S/C14H16BrNO2/c1-9-4-5-13(17-3)11(8-9)16-10(2)12-6-7-14(15)18-12/h4-8,10,16H,1-3H3. The molecule has 0 aliphatic rings. The highest BCUT2D eigenvalue weighted by Crippen LogP contribution is 2.30. The van der Waals surface area contributed by atoms with E-state index in [-0.39, 0.29) is 6.04 Å². The summed E-state index contributed by atoms with van der Waals surface area (Å²) in [6.07, 6.45) is 0. The minimum absolute atomic E-state index is 0.0759. The van der Waals surface area contributed by atoms with E-state index in [0.29, 0.717) is 0 Å². The normalized spacial score (nSPS) is 12.2. The summed E-state index contributed by atoms with van der Waals surface area (Å²) in [6.45, 7) is 4.10. The van der Waals surface area contributed by atoms with Gasteiger partial charge in [-0.25, -0.2) is 0 Å². The molecule has 0 radical (unpaired) electrons.